The third kappa shape index (κ3) is 2.15. The Labute approximate surface area is 91.6 Å². The second kappa shape index (κ2) is 4.23. The summed E-state index contributed by atoms with van der Waals surface area (Å²) in [7, 11) is 2.02. The van der Waals surface area contributed by atoms with Crippen LogP contribution in [0.25, 0.3) is 0 Å². The highest BCUT2D eigenvalue weighted by atomic mass is 16.5. The number of hydrogen-bond acceptors (Lipinski definition) is 2. The topological polar surface area (TPSA) is 21.3 Å². The number of rotatable bonds is 5. The van der Waals surface area contributed by atoms with Crippen molar-refractivity contribution >= 4 is 0 Å². The zero-order valence-corrected chi connectivity index (χ0v) is 9.55. The summed E-state index contributed by atoms with van der Waals surface area (Å²) in [5.41, 5.74) is 1.86. The highest BCUT2D eigenvalue weighted by Crippen LogP contribution is 2.47. The van der Waals surface area contributed by atoms with Gasteiger partial charge in [-0.05, 0) is 44.5 Å². The van der Waals surface area contributed by atoms with E-state index in [9.17, 15) is 0 Å². The third-order valence-corrected chi connectivity index (χ3v) is 3.15. The van der Waals surface area contributed by atoms with Gasteiger partial charge in [-0.15, -0.1) is 0 Å². The van der Waals surface area contributed by atoms with Crippen molar-refractivity contribution in [3.63, 3.8) is 0 Å². The van der Waals surface area contributed by atoms with E-state index in [1.807, 2.05) is 14.0 Å². The molecule has 82 valence electrons. The highest BCUT2D eigenvalue weighted by Gasteiger charge is 2.43. The lowest BCUT2D eigenvalue weighted by Gasteiger charge is -2.15. The summed E-state index contributed by atoms with van der Waals surface area (Å²) in [5.74, 6) is 0.974. The van der Waals surface area contributed by atoms with Gasteiger partial charge in [0.25, 0.3) is 0 Å². The van der Waals surface area contributed by atoms with Crippen LogP contribution >= 0.6 is 0 Å². The summed E-state index contributed by atoms with van der Waals surface area (Å²) >= 11 is 0. The van der Waals surface area contributed by atoms with Gasteiger partial charge in [-0.25, -0.2) is 0 Å². The quantitative estimate of drug-likeness (QED) is 0.796. The normalized spacial score (nSPS) is 17.5. The van der Waals surface area contributed by atoms with Gasteiger partial charge in [-0.1, -0.05) is 12.1 Å². The van der Waals surface area contributed by atoms with Crippen LogP contribution in [0.2, 0.25) is 0 Å². The van der Waals surface area contributed by atoms with Crippen LogP contribution in [0.5, 0.6) is 5.75 Å². The molecule has 1 aromatic rings. The SMILES string of the molecule is CCOc1ccc(C2(CNC)CC2)cc1. The maximum absolute atomic E-state index is 5.44. The predicted octanol–water partition coefficient (Wildman–Crippen LogP) is 2.34. The van der Waals surface area contributed by atoms with Crippen LogP contribution in [-0.2, 0) is 5.41 Å². The standard InChI is InChI=1S/C13H19NO/c1-3-15-12-6-4-11(5-7-12)13(8-9-13)10-14-2/h4-7,14H,3,8-10H2,1-2H3. The van der Waals surface area contributed by atoms with Crippen molar-refractivity contribution in [2.45, 2.75) is 25.2 Å². The van der Waals surface area contributed by atoms with E-state index in [4.69, 9.17) is 4.74 Å². The van der Waals surface area contributed by atoms with Gasteiger partial charge >= 0.3 is 0 Å². The van der Waals surface area contributed by atoms with E-state index in [1.54, 1.807) is 0 Å². The summed E-state index contributed by atoms with van der Waals surface area (Å²) in [4.78, 5) is 0. The first kappa shape index (κ1) is 10.5. The Morgan fingerprint density at radius 2 is 1.93 bits per heavy atom. The molecule has 1 N–H and O–H groups in total. The van der Waals surface area contributed by atoms with E-state index in [0.29, 0.717) is 5.41 Å². The monoisotopic (exact) mass is 205 g/mol. The third-order valence-electron chi connectivity index (χ3n) is 3.15. The number of hydrogen-bond donors (Lipinski definition) is 1. The molecule has 0 unspecified atom stereocenters. The molecule has 0 atom stereocenters. The lowest BCUT2D eigenvalue weighted by atomic mass is 9.96. The molecular formula is C13H19NO. The summed E-state index contributed by atoms with van der Waals surface area (Å²) < 4.78 is 5.44. The van der Waals surface area contributed by atoms with Crippen LogP contribution in [-0.4, -0.2) is 20.2 Å². The lowest BCUT2D eigenvalue weighted by Crippen LogP contribution is -2.23. The van der Waals surface area contributed by atoms with Gasteiger partial charge < -0.3 is 10.1 Å². The van der Waals surface area contributed by atoms with E-state index in [1.165, 1.54) is 18.4 Å². The van der Waals surface area contributed by atoms with Crippen molar-refractivity contribution in [3.8, 4) is 5.75 Å². The molecule has 0 radical (unpaired) electrons. The fourth-order valence-electron chi connectivity index (χ4n) is 2.13. The van der Waals surface area contributed by atoms with Gasteiger partial charge in [0.1, 0.15) is 5.75 Å². The number of ether oxygens (including phenoxy) is 1. The number of nitrogens with one attached hydrogen (secondary N) is 1. The van der Waals surface area contributed by atoms with Crippen molar-refractivity contribution in [1.82, 2.24) is 5.32 Å². The zero-order chi connectivity index (χ0) is 10.7. The average molecular weight is 205 g/mol. The fraction of sp³-hybridized carbons (Fsp3) is 0.538. The van der Waals surface area contributed by atoms with E-state index in [-0.39, 0.29) is 0 Å². The lowest BCUT2D eigenvalue weighted by molar-refractivity contribution is 0.340. The molecule has 15 heavy (non-hydrogen) atoms. The molecule has 0 spiro atoms. The van der Waals surface area contributed by atoms with Crippen LogP contribution in [0.1, 0.15) is 25.3 Å². The van der Waals surface area contributed by atoms with Crippen LogP contribution in [0, 0.1) is 0 Å². The summed E-state index contributed by atoms with van der Waals surface area (Å²) in [6.45, 7) is 3.83. The van der Waals surface area contributed by atoms with Crippen molar-refractivity contribution in [2.24, 2.45) is 0 Å². The predicted molar refractivity (Wildman–Crippen MR) is 62.4 cm³/mol. The van der Waals surface area contributed by atoms with Gasteiger partial charge in [0, 0.05) is 12.0 Å². The molecule has 1 aromatic carbocycles. The highest BCUT2D eigenvalue weighted by molar-refractivity contribution is 5.36. The van der Waals surface area contributed by atoms with E-state index in [2.05, 4.69) is 29.6 Å². The molecule has 2 heteroatoms. The van der Waals surface area contributed by atoms with E-state index >= 15 is 0 Å². The molecule has 1 aliphatic rings. The molecule has 0 aliphatic heterocycles. The minimum atomic E-state index is 0.416. The van der Waals surface area contributed by atoms with E-state index in [0.717, 1.165) is 18.9 Å². The molecule has 0 aromatic heterocycles. The van der Waals surface area contributed by atoms with Gasteiger partial charge in [0.2, 0.25) is 0 Å². The molecule has 2 nitrogen and oxygen atoms in total. The van der Waals surface area contributed by atoms with Crippen molar-refractivity contribution in [2.75, 3.05) is 20.2 Å². The molecule has 0 bridgehead atoms. The molecule has 0 saturated heterocycles. The fourth-order valence-corrected chi connectivity index (χ4v) is 2.13. The molecule has 2 rings (SSSR count). The minimum absolute atomic E-state index is 0.416. The Balaban J connectivity index is 2.10. The largest absolute Gasteiger partial charge is 0.494 e. The zero-order valence-electron chi connectivity index (χ0n) is 9.55. The number of likely N-dealkylation sites (N-methyl/N-ethyl adjacent to an activating group) is 1. The van der Waals surface area contributed by atoms with Gasteiger partial charge in [-0.3, -0.25) is 0 Å². The molecular weight excluding hydrogens is 186 g/mol. The summed E-state index contributed by atoms with van der Waals surface area (Å²) in [6, 6.07) is 8.56. The molecule has 1 fully saturated rings. The maximum Gasteiger partial charge on any atom is 0.119 e. The van der Waals surface area contributed by atoms with Gasteiger partial charge in [-0.2, -0.15) is 0 Å². The van der Waals surface area contributed by atoms with Crippen LogP contribution in [0.15, 0.2) is 24.3 Å². The van der Waals surface area contributed by atoms with Crippen LogP contribution in [0.3, 0.4) is 0 Å². The molecule has 0 amide bonds. The van der Waals surface area contributed by atoms with Crippen molar-refractivity contribution in [3.05, 3.63) is 29.8 Å². The average Bonchev–Trinajstić information content (AvgIpc) is 3.01. The minimum Gasteiger partial charge on any atom is -0.494 e. The van der Waals surface area contributed by atoms with Crippen LogP contribution < -0.4 is 10.1 Å². The second-order valence-electron chi connectivity index (χ2n) is 4.27. The molecule has 1 saturated carbocycles. The first-order chi connectivity index (χ1) is 7.30. The maximum atomic E-state index is 5.44. The Kier molecular flexibility index (Phi) is 2.96. The first-order valence-corrected chi connectivity index (χ1v) is 5.69. The smallest absolute Gasteiger partial charge is 0.119 e. The Morgan fingerprint density at radius 1 is 1.27 bits per heavy atom. The molecule has 0 heterocycles. The second-order valence-corrected chi connectivity index (χ2v) is 4.27. The summed E-state index contributed by atoms with van der Waals surface area (Å²) in [5, 5.41) is 3.28. The van der Waals surface area contributed by atoms with Gasteiger partial charge in [0.05, 0.1) is 6.61 Å². The first-order valence-electron chi connectivity index (χ1n) is 5.69. The summed E-state index contributed by atoms with van der Waals surface area (Å²) in [6.07, 6.45) is 2.61. The van der Waals surface area contributed by atoms with Crippen LogP contribution in [0.4, 0.5) is 0 Å². The Hall–Kier alpha value is -1.02. The Bertz CT molecular complexity index is 314. The van der Waals surface area contributed by atoms with Crippen molar-refractivity contribution in [1.29, 1.82) is 0 Å². The van der Waals surface area contributed by atoms with Crippen molar-refractivity contribution < 1.29 is 4.74 Å². The number of benzene rings is 1. The molecule has 1 aliphatic carbocycles. The van der Waals surface area contributed by atoms with Gasteiger partial charge in [0.15, 0.2) is 0 Å². The Morgan fingerprint density at radius 3 is 2.40 bits per heavy atom. The van der Waals surface area contributed by atoms with E-state index < -0.39 is 0 Å².